The molecule has 0 fully saturated rings. The van der Waals surface area contributed by atoms with Crippen LogP contribution in [-0.2, 0) is 16.6 Å². The first kappa shape index (κ1) is 11.6. The molecule has 0 radical (unpaired) electrons. The zero-order chi connectivity index (χ0) is 12.3. The standard InChI is InChI=1S/C10H12N4O2S/c11-10-8(6-12-14-10)7-13-17(15,16)9-4-2-1-3-5-9/h1-6,13H,7H2,(H3,11,12,14). The van der Waals surface area contributed by atoms with E-state index in [4.69, 9.17) is 5.73 Å². The Balaban J connectivity index is 2.12. The van der Waals surface area contributed by atoms with Crippen molar-refractivity contribution in [3.8, 4) is 0 Å². The zero-order valence-corrected chi connectivity index (χ0v) is 9.74. The van der Waals surface area contributed by atoms with Crippen molar-refractivity contribution < 1.29 is 8.42 Å². The summed E-state index contributed by atoms with van der Waals surface area (Å²) in [5, 5.41) is 6.25. The quantitative estimate of drug-likeness (QED) is 0.736. The third-order valence-electron chi connectivity index (χ3n) is 2.26. The monoisotopic (exact) mass is 252 g/mol. The summed E-state index contributed by atoms with van der Waals surface area (Å²) in [7, 11) is -3.50. The van der Waals surface area contributed by atoms with E-state index in [2.05, 4.69) is 14.9 Å². The number of H-pyrrole nitrogens is 1. The number of aromatic nitrogens is 2. The largest absolute Gasteiger partial charge is 0.384 e. The minimum absolute atomic E-state index is 0.111. The summed E-state index contributed by atoms with van der Waals surface area (Å²) in [5.74, 6) is 0.362. The van der Waals surface area contributed by atoms with E-state index in [9.17, 15) is 8.42 Å². The van der Waals surface area contributed by atoms with Gasteiger partial charge in [-0.05, 0) is 12.1 Å². The maximum Gasteiger partial charge on any atom is 0.240 e. The fraction of sp³-hybridized carbons (Fsp3) is 0.100. The highest BCUT2D eigenvalue weighted by atomic mass is 32.2. The summed E-state index contributed by atoms with van der Waals surface area (Å²) in [6.45, 7) is 0.111. The Bertz CT molecular complexity index is 592. The first-order chi connectivity index (χ1) is 8.09. The summed E-state index contributed by atoms with van der Waals surface area (Å²) in [6.07, 6.45) is 1.49. The van der Waals surface area contributed by atoms with Crippen LogP contribution in [0.3, 0.4) is 0 Å². The lowest BCUT2D eigenvalue weighted by atomic mass is 10.3. The number of anilines is 1. The second-order valence-electron chi connectivity index (χ2n) is 3.45. The number of nitrogens with zero attached hydrogens (tertiary/aromatic N) is 1. The Morgan fingerprint density at radius 3 is 2.59 bits per heavy atom. The third-order valence-corrected chi connectivity index (χ3v) is 3.67. The average Bonchev–Trinajstić information content (AvgIpc) is 2.74. The van der Waals surface area contributed by atoms with Crippen LogP contribution in [0.15, 0.2) is 41.4 Å². The molecule has 0 amide bonds. The van der Waals surface area contributed by atoms with E-state index in [0.29, 0.717) is 11.4 Å². The van der Waals surface area contributed by atoms with Crippen molar-refractivity contribution in [1.29, 1.82) is 0 Å². The van der Waals surface area contributed by atoms with Gasteiger partial charge in [0.1, 0.15) is 5.82 Å². The topological polar surface area (TPSA) is 101 Å². The summed E-state index contributed by atoms with van der Waals surface area (Å²) >= 11 is 0. The number of nitrogen functional groups attached to an aromatic ring is 1. The molecule has 0 saturated carbocycles. The number of aromatic amines is 1. The van der Waals surface area contributed by atoms with Gasteiger partial charge in [-0.3, -0.25) is 5.10 Å². The predicted molar refractivity (Wildman–Crippen MR) is 63.5 cm³/mol. The number of benzene rings is 1. The van der Waals surface area contributed by atoms with Crippen LogP contribution in [0.25, 0.3) is 0 Å². The molecule has 1 aromatic carbocycles. The average molecular weight is 252 g/mol. The molecule has 0 aliphatic carbocycles. The van der Waals surface area contributed by atoms with Crippen LogP contribution in [0.1, 0.15) is 5.56 Å². The van der Waals surface area contributed by atoms with Crippen molar-refractivity contribution in [3.63, 3.8) is 0 Å². The van der Waals surface area contributed by atoms with Crippen LogP contribution < -0.4 is 10.5 Å². The molecular weight excluding hydrogens is 240 g/mol. The molecule has 1 heterocycles. The lowest BCUT2D eigenvalue weighted by Gasteiger charge is -2.05. The van der Waals surface area contributed by atoms with E-state index in [1.165, 1.54) is 18.3 Å². The summed E-state index contributed by atoms with van der Waals surface area (Å²) < 4.78 is 26.2. The fourth-order valence-corrected chi connectivity index (χ4v) is 2.35. The van der Waals surface area contributed by atoms with Crippen LogP contribution >= 0.6 is 0 Å². The number of nitrogens with one attached hydrogen (secondary N) is 2. The van der Waals surface area contributed by atoms with Gasteiger partial charge >= 0.3 is 0 Å². The van der Waals surface area contributed by atoms with E-state index in [1.54, 1.807) is 18.2 Å². The van der Waals surface area contributed by atoms with Gasteiger partial charge in [0.25, 0.3) is 0 Å². The predicted octanol–water partition coefficient (Wildman–Crippen LogP) is 0.470. The van der Waals surface area contributed by atoms with Gasteiger partial charge in [0.05, 0.1) is 11.1 Å². The normalized spacial score (nSPS) is 11.5. The molecule has 6 nitrogen and oxygen atoms in total. The van der Waals surface area contributed by atoms with Gasteiger partial charge in [-0.2, -0.15) is 5.10 Å². The van der Waals surface area contributed by atoms with Gasteiger partial charge in [-0.1, -0.05) is 18.2 Å². The lowest BCUT2D eigenvalue weighted by Crippen LogP contribution is -2.23. The molecule has 2 aromatic rings. The van der Waals surface area contributed by atoms with E-state index >= 15 is 0 Å². The van der Waals surface area contributed by atoms with Crippen LogP contribution in [0.5, 0.6) is 0 Å². The van der Waals surface area contributed by atoms with Gasteiger partial charge in [-0.25, -0.2) is 13.1 Å². The molecule has 4 N–H and O–H groups in total. The molecule has 2 rings (SSSR count). The van der Waals surface area contributed by atoms with Gasteiger partial charge in [0.2, 0.25) is 10.0 Å². The Morgan fingerprint density at radius 2 is 2.00 bits per heavy atom. The molecule has 1 aromatic heterocycles. The van der Waals surface area contributed by atoms with Gasteiger partial charge < -0.3 is 5.73 Å². The lowest BCUT2D eigenvalue weighted by molar-refractivity contribution is 0.581. The molecule has 0 aliphatic heterocycles. The van der Waals surface area contributed by atoms with E-state index in [-0.39, 0.29) is 11.4 Å². The summed E-state index contributed by atoms with van der Waals surface area (Å²) in [4.78, 5) is 0.224. The molecule has 0 spiro atoms. The maximum absolute atomic E-state index is 11.9. The SMILES string of the molecule is Nc1[nH]ncc1CNS(=O)(=O)c1ccccc1. The highest BCUT2D eigenvalue weighted by Crippen LogP contribution is 2.10. The van der Waals surface area contributed by atoms with Crippen molar-refractivity contribution in [2.45, 2.75) is 11.4 Å². The molecule has 17 heavy (non-hydrogen) atoms. The second-order valence-corrected chi connectivity index (χ2v) is 5.21. The van der Waals surface area contributed by atoms with Crippen molar-refractivity contribution in [1.82, 2.24) is 14.9 Å². The number of rotatable bonds is 4. The highest BCUT2D eigenvalue weighted by Gasteiger charge is 2.13. The molecule has 0 bridgehead atoms. The number of hydrogen-bond donors (Lipinski definition) is 3. The van der Waals surface area contributed by atoms with E-state index < -0.39 is 10.0 Å². The van der Waals surface area contributed by atoms with Gasteiger partial charge in [-0.15, -0.1) is 0 Å². The van der Waals surface area contributed by atoms with E-state index in [1.807, 2.05) is 0 Å². The minimum Gasteiger partial charge on any atom is -0.384 e. The maximum atomic E-state index is 11.9. The molecule has 0 unspecified atom stereocenters. The first-order valence-electron chi connectivity index (χ1n) is 4.92. The Labute approximate surface area is 98.9 Å². The molecule has 90 valence electrons. The number of sulfonamides is 1. The van der Waals surface area contributed by atoms with Crippen LogP contribution in [0.4, 0.5) is 5.82 Å². The highest BCUT2D eigenvalue weighted by molar-refractivity contribution is 7.89. The molecule has 7 heteroatoms. The van der Waals surface area contributed by atoms with Crippen LogP contribution in [0, 0.1) is 0 Å². The number of hydrogen-bond acceptors (Lipinski definition) is 4. The molecular formula is C10H12N4O2S. The zero-order valence-electron chi connectivity index (χ0n) is 8.92. The van der Waals surface area contributed by atoms with Crippen molar-refractivity contribution in [3.05, 3.63) is 42.1 Å². The second kappa shape index (κ2) is 4.56. The summed E-state index contributed by atoms with van der Waals surface area (Å²) in [5.41, 5.74) is 6.17. The molecule has 0 saturated heterocycles. The summed E-state index contributed by atoms with van der Waals surface area (Å²) in [6, 6.07) is 8.15. The number of nitrogens with two attached hydrogens (primary N) is 1. The van der Waals surface area contributed by atoms with Crippen molar-refractivity contribution in [2.24, 2.45) is 0 Å². The van der Waals surface area contributed by atoms with E-state index in [0.717, 1.165) is 0 Å². The van der Waals surface area contributed by atoms with Gasteiger partial charge in [0, 0.05) is 12.1 Å². The van der Waals surface area contributed by atoms with Crippen LogP contribution in [0.2, 0.25) is 0 Å². The molecule has 0 aliphatic rings. The first-order valence-corrected chi connectivity index (χ1v) is 6.40. The van der Waals surface area contributed by atoms with Crippen LogP contribution in [-0.4, -0.2) is 18.6 Å². The Morgan fingerprint density at radius 1 is 1.29 bits per heavy atom. The Hall–Kier alpha value is -1.86. The van der Waals surface area contributed by atoms with Crippen molar-refractivity contribution in [2.75, 3.05) is 5.73 Å². The fourth-order valence-electron chi connectivity index (χ4n) is 1.32. The molecule has 0 atom stereocenters. The van der Waals surface area contributed by atoms with Crippen molar-refractivity contribution >= 4 is 15.8 Å². The smallest absolute Gasteiger partial charge is 0.240 e. The van der Waals surface area contributed by atoms with Gasteiger partial charge in [0.15, 0.2) is 0 Å². The minimum atomic E-state index is -3.50. The third kappa shape index (κ3) is 2.63. The Kier molecular flexibility index (Phi) is 3.12.